The molecular weight excluding hydrogens is 296 g/mol. The van der Waals surface area contributed by atoms with E-state index in [0.717, 1.165) is 0 Å². The van der Waals surface area contributed by atoms with Gasteiger partial charge in [-0.05, 0) is 38.1 Å². The quantitative estimate of drug-likeness (QED) is 0.743. The lowest BCUT2D eigenvalue weighted by Gasteiger charge is -2.07. The van der Waals surface area contributed by atoms with Gasteiger partial charge < -0.3 is 9.52 Å². The normalized spacial score (nSPS) is 10.2. The van der Waals surface area contributed by atoms with Gasteiger partial charge in [-0.3, -0.25) is 20.4 Å². The van der Waals surface area contributed by atoms with Crippen LogP contribution >= 0.6 is 11.6 Å². The van der Waals surface area contributed by atoms with Crippen molar-refractivity contribution in [3.05, 3.63) is 51.9 Å². The Bertz CT molecular complexity index is 709. The summed E-state index contributed by atoms with van der Waals surface area (Å²) in [6.07, 6.45) is 0. The van der Waals surface area contributed by atoms with Crippen LogP contribution in [0.2, 0.25) is 5.02 Å². The highest BCUT2D eigenvalue weighted by molar-refractivity contribution is 6.32. The first-order chi connectivity index (χ1) is 9.88. The zero-order valence-electron chi connectivity index (χ0n) is 11.4. The number of carbonyl (C=O) groups is 2. The molecule has 2 rings (SSSR count). The number of amides is 2. The molecule has 0 saturated carbocycles. The standard InChI is InChI=1S/C14H13ClN2O4/c1-7-5-10(8(2)21-7)14(20)17-16-13(19)9-3-4-12(18)11(15)6-9/h3-6,18H,1-2H3,(H,16,19)(H,17,20). The Kier molecular flexibility index (Phi) is 4.18. The summed E-state index contributed by atoms with van der Waals surface area (Å²) in [5.41, 5.74) is 5.09. The molecule has 0 aliphatic heterocycles. The van der Waals surface area contributed by atoms with Crippen LogP contribution in [0.3, 0.4) is 0 Å². The summed E-state index contributed by atoms with van der Waals surface area (Å²) in [4.78, 5) is 23.7. The Morgan fingerprint density at radius 3 is 2.38 bits per heavy atom. The summed E-state index contributed by atoms with van der Waals surface area (Å²) < 4.78 is 5.24. The Labute approximate surface area is 125 Å². The van der Waals surface area contributed by atoms with Crippen molar-refractivity contribution in [1.29, 1.82) is 0 Å². The number of phenols is 1. The van der Waals surface area contributed by atoms with Gasteiger partial charge in [0.1, 0.15) is 17.3 Å². The van der Waals surface area contributed by atoms with Crippen LogP contribution in [0.4, 0.5) is 0 Å². The molecule has 3 N–H and O–H groups in total. The lowest BCUT2D eigenvalue weighted by atomic mass is 10.2. The number of aryl methyl sites for hydroxylation is 2. The molecule has 110 valence electrons. The van der Waals surface area contributed by atoms with Crippen LogP contribution in [0.1, 0.15) is 32.2 Å². The van der Waals surface area contributed by atoms with Crippen LogP contribution in [0.5, 0.6) is 5.75 Å². The van der Waals surface area contributed by atoms with Crippen molar-refractivity contribution in [1.82, 2.24) is 10.9 Å². The molecule has 6 nitrogen and oxygen atoms in total. The molecule has 0 radical (unpaired) electrons. The number of phenolic OH excluding ortho intramolecular Hbond substituents is 1. The number of halogens is 1. The lowest BCUT2D eigenvalue weighted by Crippen LogP contribution is -2.41. The van der Waals surface area contributed by atoms with E-state index in [0.29, 0.717) is 17.1 Å². The molecule has 0 aliphatic rings. The minimum absolute atomic E-state index is 0.0512. The van der Waals surface area contributed by atoms with Crippen molar-refractivity contribution in [2.75, 3.05) is 0 Å². The minimum Gasteiger partial charge on any atom is -0.506 e. The van der Waals surface area contributed by atoms with Crippen LogP contribution in [-0.2, 0) is 0 Å². The number of hydrogen-bond acceptors (Lipinski definition) is 4. The van der Waals surface area contributed by atoms with Crippen molar-refractivity contribution in [2.45, 2.75) is 13.8 Å². The van der Waals surface area contributed by atoms with Crippen molar-refractivity contribution >= 4 is 23.4 Å². The first kappa shape index (κ1) is 14.9. The molecule has 2 amide bonds. The van der Waals surface area contributed by atoms with E-state index in [1.54, 1.807) is 19.9 Å². The predicted molar refractivity (Wildman–Crippen MR) is 76.2 cm³/mol. The van der Waals surface area contributed by atoms with Gasteiger partial charge in [-0.2, -0.15) is 0 Å². The number of benzene rings is 1. The Morgan fingerprint density at radius 1 is 1.14 bits per heavy atom. The summed E-state index contributed by atoms with van der Waals surface area (Å²) in [6, 6.07) is 5.55. The Balaban J connectivity index is 2.02. The molecule has 0 atom stereocenters. The van der Waals surface area contributed by atoms with Gasteiger partial charge >= 0.3 is 0 Å². The maximum absolute atomic E-state index is 11.9. The molecule has 1 aromatic carbocycles. The van der Waals surface area contributed by atoms with Crippen LogP contribution in [0, 0.1) is 13.8 Å². The summed E-state index contributed by atoms with van der Waals surface area (Å²) in [6.45, 7) is 3.38. The monoisotopic (exact) mass is 308 g/mol. The molecular formula is C14H13ClN2O4. The predicted octanol–water partition coefficient (Wildman–Crippen LogP) is 2.33. The second-order valence-corrected chi connectivity index (χ2v) is 4.81. The summed E-state index contributed by atoms with van der Waals surface area (Å²) in [7, 11) is 0. The smallest absolute Gasteiger partial charge is 0.273 e. The van der Waals surface area contributed by atoms with E-state index in [-0.39, 0.29) is 16.3 Å². The number of nitrogens with one attached hydrogen (secondary N) is 2. The molecule has 7 heteroatoms. The number of rotatable bonds is 2. The van der Waals surface area contributed by atoms with Gasteiger partial charge in [0.25, 0.3) is 11.8 Å². The van der Waals surface area contributed by atoms with E-state index in [4.69, 9.17) is 16.0 Å². The van der Waals surface area contributed by atoms with E-state index in [2.05, 4.69) is 10.9 Å². The summed E-state index contributed by atoms with van der Waals surface area (Å²) in [5, 5.41) is 9.33. The van der Waals surface area contributed by atoms with Gasteiger partial charge in [0.15, 0.2) is 0 Å². The maximum Gasteiger partial charge on any atom is 0.273 e. The maximum atomic E-state index is 11.9. The molecule has 0 spiro atoms. The Morgan fingerprint density at radius 2 is 1.81 bits per heavy atom. The van der Waals surface area contributed by atoms with Gasteiger partial charge in [0, 0.05) is 5.56 Å². The van der Waals surface area contributed by atoms with Crippen molar-refractivity contribution in [3.63, 3.8) is 0 Å². The first-order valence-electron chi connectivity index (χ1n) is 6.04. The average molecular weight is 309 g/mol. The van der Waals surface area contributed by atoms with Gasteiger partial charge in [-0.25, -0.2) is 0 Å². The molecule has 0 unspecified atom stereocenters. The van der Waals surface area contributed by atoms with Gasteiger partial charge in [-0.15, -0.1) is 0 Å². The molecule has 0 saturated heterocycles. The van der Waals surface area contributed by atoms with E-state index in [1.165, 1.54) is 18.2 Å². The number of hydrogen-bond donors (Lipinski definition) is 3. The van der Waals surface area contributed by atoms with Crippen LogP contribution in [-0.4, -0.2) is 16.9 Å². The zero-order chi connectivity index (χ0) is 15.6. The fourth-order valence-electron chi connectivity index (χ4n) is 1.76. The second kappa shape index (κ2) is 5.88. The fourth-order valence-corrected chi connectivity index (χ4v) is 1.94. The van der Waals surface area contributed by atoms with Gasteiger partial charge in [0.05, 0.1) is 10.6 Å². The summed E-state index contributed by atoms with van der Waals surface area (Å²) >= 11 is 5.71. The molecule has 21 heavy (non-hydrogen) atoms. The molecule has 1 aromatic heterocycles. The molecule has 2 aromatic rings. The van der Waals surface area contributed by atoms with Crippen molar-refractivity contribution in [3.8, 4) is 5.75 Å². The third kappa shape index (κ3) is 3.35. The van der Waals surface area contributed by atoms with E-state index in [9.17, 15) is 14.7 Å². The van der Waals surface area contributed by atoms with E-state index < -0.39 is 11.8 Å². The topological polar surface area (TPSA) is 91.6 Å². The SMILES string of the molecule is Cc1cc(C(=O)NNC(=O)c2ccc(O)c(Cl)c2)c(C)o1. The third-order valence-electron chi connectivity index (χ3n) is 2.79. The fraction of sp³-hybridized carbons (Fsp3) is 0.143. The van der Waals surface area contributed by atoms with Gasteiger partial charge in [0.2, 0.25) is 0 Å². The highest BCUT2D eigenvalue weighted by Gasteiger charge is 2.15. The average Bonchev–Trinajstić information content (AvgIpc) is 2.77. The number of hydrazine groups is 1. The third-order valence-corrected chi connectivity index (χ3v) is 3.09. The van der Waals surface area contributed by atoms with E-state index in [1.807, 2.05) is 0 Å². The molecule has 0 fully saturated rings. The number of aromatic hydroxyl groups is 1. The first-order valence-corrected chi connectivity index (χ1v) is 6.42. The number of furan rings is 1. The zero-order valence-corrected chi connectivity index (χ0v) is 12.1. The second-order valence-electron chi connectivity index (χ2n) is 4.40. The van der Waals surface area contributed by atoms with Crippen molar-refractivity contribution in [2.24, 2.45) is 0 Å². The van der Waals surface area contributed by atoms with Crippen LogP contribution in [0.15, 0.2) is 28.7 Å². The molecule has 0 aliphatic carbocycles. The Hall–Kier alpha value is -2.47. The van der Waals surface area contributed by atoms with Gasteiger partial charge in [-0.1, -0.05) is 11.6 Å². The molecule has 1 heterocycles. The van der Waals surface area contributed by atoms with Crippen LogP contribution in [0.25, 0.3) is 0 Å². The largest absolute Gasteiger partial charge is 0.506 e. The molecule has 0 bridgehead atoms. The van der Waals surface area contributed by atoms with E-state index >= 15 is 0 Å². The summed E-state index contributed by atoms with van der Waals surface area (Å²) in [5.74, 6) is -0.0892. The lowest BCUT2D eigenvalue weighted by molar-refractivity contribution is 0.0845. The highest BCUT2D eigenvalue weighted by Crippen LogP contribution is 2.23. The van der Waals surface area contributed by atoms with Crippen molar-refractivity contribution < 1.29 is 19.1 Å². The number of carbonyl (C=O) groups excluding carboxylic acids is 2. The van der Waals surface area contributed by atoms with Crippen LogP contribution < -0.4 is 10.9 Å². The highest BCUT2D eigenvalue weighted by atomic mass is 35.5. The minimum atomic E-state index is -0.553.